The molecule has 1 aliphatic carbocycles. The molecule has 0 aromatic heterocycles. The number of likely N-dealkylation sites (tertiary alicyclic amines) is 1. The lowest BCUT2D eigenvalue weighted by molar-refractivity contribution is 0.284. The summed E-state index contributed by atoms with van der Waals surface area (Å²) in [6, 6.07) is 7.72. The second-order valence-electron chi connectivity index (χ2n) is 10.1. The topological polar surface area (TPSA) is 35.5 Å². The molecule has 3 nitrogen and oxygen atoms in total. The average molecular weight is 413 g/mol. The van der Waals surface area contributed by atoms with Gasteiger partial charge >= 0.3 is 0 Å². The van der Waals surface area contributed by atoms with Gasteiger partial charge in [0, 0.05) is 25.7 Å². The molecular formula is C25H36N2OS. The van der Waals surface area contributed by atoms with Crippen molar-refractivity contribution in [1.82, 2.24) is 10.2 Å². The Morgan fingerprint density at radius 1 is 1.14 bits per heavy atom. The van der Waals surface area contributed by atoms with Gasteiger partial charge in [-0.15, -0.1) is 0 Å². The van der Waals surface area contributed by atoms with E-state index in [1.165, 1.54) is 34.6 Å². The number of hydrogen-bond donors (Lipinski definition) is 2. The maximum atomic E-state index is 9.01. The Hall–Kier alpha value is -1.23. The second kappa shape index (κ2) is 8.13. The summed E-state index contributed by atoms with van der Waals surface area (Å²) in [7, 11) is 0. The number of benzene rings is 1. The molecule has 4 heteroatoms. The molecule has 0 saturated carbocycles. The molecular weight excluding hydrogens is 376 g/mol. The fourth-order valence-corrected chi connectivity index (χ4v) is 5.99. The van der Waals surface area contributed by atoms with Crippen molar-refractivity contribution in [3.63, 3.8) is 0 Å². The fraction of sp³-hybridized carbons (Fsp3) is 0.600. The van der Waals surface area contributed by atoms with Crippen LogP contribution in [0.3, 0.4) is 0 Å². The van der Waals surface area contributed by atoms with Gasteiger partial charge in [0.2, 0.25) is 0 Å². The molecule has 1 saturated heterocycles. The number of allylic oxidation sites excluding steroid dienone is 2. The number of hydrogen-bond acceptors (Lipinski definition) is 4. The van der Waals surface area contributed by atoms with Crippen LogP contribution in [0.15, 0.2) is 34.7 Å². The van der Waals surface area contributed by atoms with Crippen molar-refractivity contribution in [3.05, 3.63) is 51.4 Å². The first-order valence-corrected chi connectivity index (χ1v) is 12.0. The highest BCUT2D eigenvalue weighted by molar-refractivity contribution is 8.05. The van der Waals surface area contributed by atoms with Crippen molar-refractivity contribution in [2.45, 2.75) is 70.3 Å². The van der Waals surface area contributed by atoms with Crippen LogP contribution < -0.4 is 5.32 Å². The van der Waals surface area contributed by atoms with Crippen LogP contribution in [-0.2, 0) is 10.8 Å². The van der Waals surface area contributed by atoms with Crippen molar-refractivity contribution in [2.75, 3.05) is 26.2 Å². The van der Waals surface area contributed by atoms with E-state index < -0.39 is 0 Å². The number of aliphatic hydroxyl groups is 1. The van der Waals surface area contributed by atoms with Gasteiger partial charge in [-0.3, -0.25) is 0 Å². The minimum atomic E-state index is 0.217. The Morgan fingerprint density at radius 3 is 2.59 bits per heavy atom. The normalized spacial score (nSPS) is 25.4. The van der Waals surface area contributed by atoms with Crippen molar-refractivity contribution >= 4 is 17.3 Å². The monoisotopic (exact) mass is 412 g/mol. The third-order valence-electron chi connectivity index (χ3n) is 7.09. The van der Waals surface area contributed by atoms with Crippen LogP contribution in [0.2, 0.25) is 0 Å². The molecule has 158 valence electrons. The van der Waals surface area contributed by atoms with E-state index in [4.69, 9.17) is 5.11 Å². The van der Waals surface area contributed by atoms with Gasteiger partial charge in [-0.1, -0.05) is 57.7 Å². The lowest BCUT2D eigenvalue weighted by atomic mass is 9.63. The summed E-state index contributed by atoms with van der Waals surface area (Å²) in [5.41, 5.74) is 6.45. The van der Waals surface area contributed by atoms with Crippen LogP contribution in [0.4, 0.5) is 0 Å². The van der Waals surface area contributed by atoms with Crippen LogP contribution >= 0.6 is 11.8 Å². The van der Waals surface area contributed by atoms with Crippen molar-refractivity contribution in [1.29, 1.82) is 0 Å². The van der Waals surface area contributed by atoms with Crippen molar-refractivity contribution < 1.29 is 5.11 Å². The van der Waals surface area contributed by atoms with Crippen LogP contribution in [-0.4, -0.2) is 42.3 Å². The zero-order chi connectivity index (χ0) is 20.6. The zero-order valence-electron chi connectivity index (χ0n) is 18.4. The van der Waals surface area contributed by atoms with E-state index in [2.05, 4.69) is 67.6 Å². The standard InChI is InChI=1S/C25H36N2OS/c1-24(2)10-11-25(3,4)22-15-18(5-7-21(22)24)19-6-8-23(29-17-19)27-13-9-20(16-27)26-12-14-28/h5,7-8,15,17,20,26,28H,6,9-14,16H2,1-4H3. The Labute approximate surface area is 180 Å². The number of aliphatic hydroxyl groups excluding tert-OH is 1. The Balaban J connectivity index is 1.47. The zero-order valence-corrected chi connectivity index (χ0v) is 19.2. The minimum Gasteiger partial charge on any atom is -0.395 e. The molecule has 1 atom stereocenters. The largest absolute Gasteiger partial charge is 0.395 e. The summed E-state index contributed by atoms with van der Waals surface area (Å²) < 4.78 is 0. The van der Waals surface area contributed by atoms with E-state index in [-0.39, 0.29) is 17.4 Å². The third kappa shape index (κ3) is 4.30. The Kier molecular flexibility index (Phi) is 5.89. The number of nitrogens with zero attached hydrogens (tertiary/aromatic N) is 1. The first kappa shape index (κ1) is 21.0. The lowest BCUT2D eigenvalue weighted by Gasteiger charge is -2.42. The molecule has 0 radical (unpaired) electrons. The van der Waals surface area contributed by atoms with Gasteiger partial charge in [-0.2, -0.15) is 0 Å². The number of thioether (sulfide) groups is 1. The predicted octanol–water partition coefficient (Wildman–Crippen LogP) is 5.01. The third-order valence-corrected chi connectivity index (χ3v) is 8.16. The highest BCUT2D eigenvalue weighted by Crippen LogP contribution is 2.47. The first-order chi connectivity index (χ1) is 13.8. The molecule has 1 unspecified atom stereocenters. The van der Waals surface area contributed by atoms with E-state index in [1.807, 2.05) is 11.8 Å². The molecule has 29 heavy (non-hydrogen) atoms. The molecule has 4 rings (SSSR count). The molecule has 2 N–H and O–H groups in total. The van der Waals surface area contributed by atoms with Gasteiger partial charge < -0.3 is 15.3 Å². The van der Waals surface area contributed by atoms with Crippen LogP contribution in [0, 0.1) is 0 Å². The summed E-state index contributed by atoms with van der Waals surface area (Å²) in [6.45, 7) is 12.7. The number of fused-ring (bicyclic) bond motifs is 1. The molecule has 0 bridgehead atoms. The van der Waals surface area contributed by atoms with E-state index in [9.17, 15) is 0 Å². The van der Waals surface area contributed by atoms with Gasteiger partial charge in [0.25, 0.3) is 0 Å². The van der Waals surface area contributed by atoms with Gasteiger partial charge in [-0.05, 0) is 70.3 Å². The second-order valence-corrected chi connectivity index (χ2v) is 11.0. The summed E-state index contributed by atoms with van der Waals surface area (Å²) >= 11 is 1.87. The molecule has 0 amide bonds. The molecule has 2 aliphatic heterocycles. The maximum absolute atomic E-state index is 9.01. The smallest absolute Gasteiger partial charge is 0.0713 e. The SMILES string of the molecule is CC1(C)CCC(C)(C)c2cc(C3=CSC(N4CCC(NCCO)C4)=CC3)ccc21. The fourth-order valence-electron chi connectivity index (χ4n) is 5.00. The highest BCUT2D eigenvalue weighted by atomic mass is 32.2. The van der Waals surface area contributed by atoms with E-state index in [0.29, 0.717) is 12.6 Å². The molecule has 1 aromatic rings. The highest BCUT2D eigenvalue weighted by Gasteiger charge is 2.37. The predicted molar refractivity (Wildman–Crippen MR) is 125 cm³/mol. The van der Waals surface area contributed by atoms with Crippen LogP contribution in [0.25, 0.3) is 5.57 Å². The summed E-state index contributed by atoms with van der Waals surface area (Å²) in [6.07, 6.45) is 7.10. The Bertz CT molecular complexity index is 824. The van der Waals surface area contributed by atoms with Crippen LogP contribution in [0.5, 0.6) is 0 Å². The molecule has 3 aliphatic rings. The van der Waals surface area contributed by atoms with Crippen molar-refractivity contribution in [3.8, 4) is 0 Å². The van der Waals surface area contributed by atoms with E-state index in [1.54, 1.807) is 5.56 Å². The molecule has 0 spiro atoms. The lowest BCUT2D eigenvalue weighted by Crippen LogP contribution is -2.34. The van der Waals surface area contributed by atoms with Gasteiger partial charge in [0.1, 0.15) is 0 Å². The van der Waals surface area contributed by atoms with E-state index >= 15 is 0 Å². The summed E-state index contributed by atoms with van der Waals surface area (Å²) in [4.78, 5) is 2.49. The number of nitrogens with one attached hydrogen (secondary N) is 1. The first-order valence-electron chi connectivity index (χ1n) is 11.1. The number of rotatable bonds is 5. The van der Waals surface area contributed by atoms with Gasteiger partial charge in [-0.25, -0.2) is 0 Å². The maximum Gasteiger partial charge on any atom is 0.0713 e. The molecule has 1 aromatic carbocycles. The van der Waals surface area contributed by atoms with Gasteiger partial charge in [0.05, 0.1) is 11.6 Å². The molecule has 2 heterocycles. The van der Waals surface area contributed by atoms with Crippen LogP contribution in [0.1, 0.15) is 70.1 Å². The summed E-state index contributed by atoms with van der Waals surface area (Å²) in [5.74, 6) is 0. The van der Waals surface area contributed by atoms with Gasteiger partial charge in [0.15, 0.2) is 0 Å². The van der Waals surface area contributed by atoms with Crippen molar-refractivity contribution in [2.24, 2.45) is 0 Å². The Morgan fingerprint density at radius 2 is 1.90 bits per heavy atom. The quantitative estimate of drug-likeness (QED) is 0.712. The molecule has 1 fully saturated rings. The minimum absolute atomic E-state index is 0.217. The van der Waals surface area contributed by atoms with E-state index in [0.717, 1.165) is 25.9 Å². The average Bonchev–Trinajstić information content (AvgIpc) is 3.19. The summed E-state index contributed by atoms with van der Waals surface area (Å²) in [5, 5.41) is 16.2.